The summed E-state index contributed by atoms with van der Waals surface area (Å²) in [6.45, 7) is 14.2. The fraction of sp³-hybridized carbons (Fsp3) is 0.727. The maximum Gasteiger partial charge on any atom is 0.494 e. The molecule has 0 N–H and O–H groups in total. The van der Waals surface area contributed by atoms with Crippen LogP contribution in [0.3, 0.4) is 0 Å². The van der Waals surface area contributed by atoms with Crippen LogP contribution in [0.4, 0.5) is 5.69 Å². The highest BCUT2D eigenvalue weighted by Gasteiger charge is 2.52. The van der Waals surface area contributed by atoms with Crippen LogP contribution >= 0.6 is 0 Å². The van der Waals surface area contributed by atoms with E-state index in [1.54, 1.807) is 0 Å². The van der Waals surface area contributed by atoms with Crippen LogP contribution < -0.4 is 10.4 Å². The van der Waals surface area contributed by atoms with Crippen molar-refractivity contribution < 1.29 is 9.31 Å². The van der Waals surface area contributed by atoms with Crippen molar-refractivity contribution in [3.63, 3.8) is 0 Å². The highest BCUT2D eigenvalue weighted by molar-refractivity contribution is 6.62. The lowest BCUT2D eigenvalue weighted by Crippen LogP contribution is -2.41. The average Bonchev–Trinajstić information content (AvgIpc) is 3.08. The van der Waals surface area contributed by atoms with Crippen LogP contribution in [-0.2, 0) is 9.31 Å². The Morgan fingerprint density at radius 2 is 1.78 bits per heavy atom. The molecule has 0 aromatic heterocycles. The number of rotatable bonds is 5. The van der Waals surface area contributed by atoms with Gasteiger partial charge in [-0.3, -0.25) is 0 Å². The molecule has 1 aromatic carbocycles. The molecule has 2 heterocycles. The van der Waals surface area contributed by atoms with E-state index in [4.69, 9.17) is 9.31 Å². The van der Waals surface area contributed by atoms with Crippen LogP contribution in [0, 0.1) is 0 Å². The van der Waals surface area contributed by atoms with E-state index in [1.165, 1.54) is 24.1 Å². The van der Waals surface area contributed by atoms with Crippen LogP contribution in [-0.4, -0.2) is 49.9 Å². The molecule has 0 saturated carbocycles. The van der Waals surface area contributed by atoms with E-state index < -0.39 is 0 Å². The topological polar surface area (TPSA) is 24.9 Å². The number of hydrogen-bond acceptors (Lipinski definition) is 4. The number of nitrogens with zero attached hydrogens (tertiary/aromatic N) is 2. The normalized spacial score (nSPS) is 25.4. The fourth-order valence-electron chi connectivity index (χ4n) is 4.35. The Morgan fingerprint density at radius 3 is 2.26 bits per heavy atom. The zero-order valence-corrected chi connectivity index (χ0v) is 18.5. The molecule has 0 aliphatic carbocycles. The second-order valence-corrected chi connectivity index (χ2v) is 9.52. The predicted molar refractivity (Wildman–Crippen MR) is 115 cm³/mol. The molecular formula is C22H37BN2O2. The lowest BCUT2D eigenvalue weighted by Gasteiger charge is -2.32. The first-order valence-corrected chi connectivity index (χ1v) is 10.5. The van der Waals surface area contributed by atoms with E-state index in [9.17, 15) is 0 Å². The molecule has 5 heteroatoms. The Labute approximate surface area is 166 Å². The maximum absolute atomic E-state index is 6.37. The van der Waals surface area contributed by atoms with E-state index in [0.29, 0.717) is 12.1 Å². The number of hydrogen-bond donors (Lipinski definition) is 0. The van der Waals surface area contributed by atoms with Crippen molar-refractivity contribution in [1.29, 1.82) is 0 Å². The van der Waals surface area contributed by atoms with E-state index in [-0.39, 0.29) is 18.3 Å². The van der Waals surface area contributed by atoms with Gasteiger partial charge < -0.3 is 19.1 Å². The minimum atomic E-state index is -0.319. The van der Waals surface area contributed by atoms with Gasteiger partial charge in [0.25, 0.3) is 0 Å². The highest BCUT2D eigenvalue weighted by Crippen LogP contribution is 2.37. The van der Waals surface area contributed by atoms with Gasteiger partial charge in [0.1, 0.15) is 0 Å². The molecule has 0 radical (unpaired) electrons. The lowest BCUT2D eigenvalue weighted by molar-refractivity contribution is 0.00578. The van der Waals surface area contributed by atoms with E-state index >= 15 is 0 Å². The Bertz CT molecular complexity index is 638. The third-order valence-corrected chi connectivity index (χ3v) is 6.77. The van der Waals surface area contributed by atoms with Crippen molar-refractivity contribution in [2.75, 3.05) is 25.5 Å². The summed E-state index contributed by atoms with van der Waals surface area (Å²) in [5, 5.41) is 0. The summed E-state index contributed by atoms with van der Waals surface area (Å²) in [5.74, 6) is 0. The summed E-state index contributed by atoms with van der Waals surface area (Å²) in [4.78, 5) is 4.85. The third kappa shape index (κ3) is 3.92. The third-order valence-electron chi connectivity index (χ3n) is 6.77. The first-order chi connectivity index (χ1) is 12.6. The average molecular weight is 372 g/mol. The Hall–Kier alpha value is -1.04. The van der Waals surface area contributed by atoms with Gasteiger partial charge in [0.05, 0.1) is 11.2 Å². The van der Waals surface area contributed by atoms with Gasteiger partial charge in [-0.1, -0.05) is 13.0 Å². The first-order valence-electron chi connectivity index (χ1n) is 10.5. The van der Waals surface area contributed by atoms with Crippen LogP contribution in [0.5, 0.6) is 0 Å². The molecule has 2 atom stereocenters. The van der Waals surface area contributed by atoms with Gasteiger partial charge in [-0.05, 0) is 91.1 Å². The standard InChI is InChI=1S/C22H37BN2O2/c1-9-20(24(7)8)17-13-18(23-26-21(3,4)22(5,6)27-23)15-19(14-17)25-12-10-11-16(25)2/h13-16,20H,9-12H2,1-8H3/t16-,20?/m1/s1. The minimum Gasteiger partial charge on any atom is -0.399 e. The molecule has 0 amide bonds. The molecule has 2 aliphatic heterocycles. The van der Waals surface area contributed by atoms with Crippen LogP contribution in [0.1, 0.15) is 72.4 Å². The Kier molecular flexibility index (Phi) is 5.68. The largest absolute Gasteiger partial charge is 0.494 e. The van der Waals surface area contributed by atoms with Crippen LogP contribution in [0.25, 0.3) is 0 Å². The van der Waals surface area contributed by atoms with Crippen molar-refractivity contribution >= 4 is 18.3 Å². The summed E-state index contributed by atoms with van der Waals surface area (Å²) in [6.07, 6.45) is 3.61. The van der Waals surface area contributed by atoms with Gasteiger partial charge in [-0.15, -0.1) is 0 Å². The summed E-state index contributed by atoms with van der Waals surface area (Å²) in [6, 6.07) is 7.94. The van der Waals surface area contributed by atoms with E-state index in [0.717, 1.165) is 18.4 Å². The number of benzene rings is 1. The van der Waals surface area contributed by atoms with Gasteiger partial charge in [0.2, 0.25) is 0 Å². The lowest BCUT2D eigenvalue weighted by atomic mass is 9.77. The van der Waals surface area contributed by atoms with Gasteiger partial charge in [0.15, 0.2) is 0 Å². The second kappa shape index (κ2) is 7.42. The fourth-order valence-corrected chi connectivity index (χ4v) is 4.35. The van der Waals surface area contributed by atoms with Crippen molar-refractivity contribution in [3.05, 3.63) is 23.8 Å². The smallest absolute Gasteiger partial charge is 0.399 e. The molecule has 3 rings (SSSR count). The molecule has 1 aromatic rings. The molecule has 150 valence electrons. The molecule has 27 heavy (non-hydrogen) atoms. The molecule has 2 fully saturated rings. The molecular weight excluding hydrogens is 335 g/mol. The van der Waals surface area contributed by atoms with Crippen molar-refractivity contribution in [2.24, 2.45) is 0 Å². The Morgan fingerprint density at radius 1 is 1.15 bits per heavy atom. The second-order valence-electron chi connectivity index (χ2n) is 9.52. The van der Waals surface area contributed by atoms with Crippen molar-refractivity contribution in [1.82, 2.24) is 4.90 Å². The molecule has 2 saturated heterocycles. The van der Waals surface area contributed by atoms with Crippen LogP contribution in [0.2, 0.25) is 0 Å². The molecule has 0 spiro atoms. The summed E-state index contributed by atoms with van der Waals surface area (Å²) in [7, 11) is 4.01. The zero-order chi connectivity index (χ0) is 20.0. The van der Waals surface area contributed by atoms with E-state index in [2.05, 4.69) is 83.6 Å². The van der Waals surface area contributed by atoms with Crippen molar-refractivity contribution in [2.45, 2.75) is 84.1 Å². The first kappa shape index (κ1) is 20.7. The van der Waals surface area contributed by atoms with Gasteiger partial charge in [-0.2, -0.15) is 0 Å². The van der Waals surface area contributed by atoms with E-state index in [1.807, 2.05) is 0 Å². The minimum absolute atomic E-state index is 0.314. The molecule has 0 bridgehead atoms. The monoisotopic (exact) mass is 372 g/mol. The molecule has 2 aliphatic rings. The maximum atomic E-state index is 6.37. The quantitative estimate of drug-likeness (QED) is 0.730. The summed E-state index contributed by atoms with van der Waals surface area (Å²) >= 11 is 0. The Balaban J connectivity index is 2.03. The SMILES string of the molecule is CCC(c1cc(B2OC(C)(C)C(C)(C)O2)cc(N2CCC[C@H]2C)c1)N(C)C. The van der Waals surface area contributed by atoms with Gasteiger partial charge in [0, 0.05) is 24.3 Å². The summed E-state index contributed by atoms with van der Waals surface area (Å²) < 4.78 is 12.7. The predicted octanol–water partition coefficient (Wildman–Crippen LogP) is 3.99. The van der Waals surface area contributed by atoms with Gasteiger partial charge in [-0.25, -0.2) is 0 Å². The molecule has 1 unspecified atom stereocenters. The van der Waals surface area contributed by atoms with Gasteiger partial charge >= 0.3 is 7.12 Å². The summed E-state index contributed by atoms with van der Waals surface area (Å²) in [5.41, 5.74) is 3.16. The van der Waals surface area contributed by atoms with Crippen LogP contribution in [0.15, 0.2) is 18.2 Å². The van der Waals surface area contributed by atoms with Crippen molar-refractivity contribution in [3.8, 4) is 0 Å². The molecule has 4 nitrogen and oxygen atoms in total. The highest BCUT2D eigenvalue weighted by atomic mass is 16.7. The zero-order valence-electron chi connectivity index (χ0n) is 18.5. The number of anilines is 1.